The molecule has 0 aliphatic carbocycles. The Morgan fingerprint density at radius 3 is 2.52 bits per heavy atom. The van der Waals surface area contributed by atoms with E-state index in [1.54, 1.807) is 24.3 Å². The van der Waals surface area contributed by atoms with Crippen molar-refractivity contribution in [3.05, 3.63) is 64.2 Å². The molecule has 0 saturated heterocycles. The molecule has 0 unspecified atom stereocenters. The van der Waals surface area contributed by atoms with Crippen LogP contribution in [-0.2, 0) is 6.61 Å². The van der Waals surface area contributed by atoms with Crippen LogP contribution in [0.5, 0.6) is 5.75 Å². The van der Waals surface area contributed by atoms with Crippen LogP contribution in [0.2, 0.25) is 5.02 Å². The standard InChI is InChI=1S/C15H12ClNO4/c16-12-7-9(14(17)18)5-6-10(12)8-21-13-4-2-1-3-11(13)15(19)20/h1-7H,8H2,(H2,17,18)(H,19,20). The van der Waals surface area contributed by atoms with E-state index in [4.69, 9.17) is 27.2 Å². The fourth-order valence-electron chi connectivity index (χ4n) is 1.74. The van der Waals surface area contributed by atoms with E-state index in [0.29, 0.717) is 16.1 Å². The maximum atomic E-state index is 11.1. The Kier molecular flexibility index (Phi) is 4.45. The zero-order chi connectivity index (χ0) is 15.4. The Labute approximate surface area is 125 Å². The zero-order valence-electron chi connectivity index (χ0n) is 10.9. The fraction of sp³-hybridized carbons (Fsp3) is 0.0667. The first-order valence-corrected chi connectivity index (χ1v) is 6.40. The molecule has 0 aromatic heterocycles. The van der Waals surface area contributed by atoms with E-state index in [1.807, 2.05) is 0 Å². The predicted octanol–water partition coefficient (Wildman–Crippen LogP) is 2.72. The lowest BCUT2D eigenvalue weighted by Crippen LogP contribution is -2.11. The van der Waals surface area contributed by atoms with Gasteiger partial charge in [0.1, 0.15) is 17.9 Å². The molecule has 0 spiro atoms. The fourth-order valence-corrected chi connectivity index (χ4v) is 1.98. The maximum Gasteiger partial charge on any atom is 0.339 e. The van der Waals surface area contributed by atoms with Crippen molar-refractivity contribution in [1.82, 2.24) is 0 Å². The summed E-state index contributed by atoms with van der Waals surface area (Å²) >= 11 is 6.04. The number of rotatable bonds is 5. The van der Waals surface area contributed by atoms with E-state index in [9.17, 15) is 9.59 Å². The van der Waals surface area contributed by atoms with Crippen molar-refractivity contribution in [3.8, 4) is 5.75 Å². The highest BCUT2D eigenvalue weighted by Crippen LogP contribution is 2.23. The number of primary amides is 1. The second kappa shape index (κ2) is 6.28. The number of ether oxygens (including phenoxy) is 1. The Hall–Kier alpha value is -2.53. The van der Waals surface area contributed by atoms with E-state index in [-0.39, 0.29) is 17.9 Å². The summed E-state index contributed by atoms with van der Waals surface area (Å²) < 4.78 is 5.48. The summed E-state index contributed by atoms with van der Waals surface area (Å²) in [6.07, 6.45) is 0. The highest BCUT2D eigenvalue weighted by molar-refractivity contribution is 6.31. The van der Waals surface area contributed by atoms with Gasteiger partial charge >= 0.3 is 5.97 Å². The van der Waals surface area contributed by atoms with Crippen LogP contribution < -0.4 is 10.5 Å². The van der Waals surface area contributed by atoms with Crippen LogP contribution in [0, 0.1) is 0 Å². The molecule has 21 heavy (non-hydrogen) atoms. The molecule has 0 radical (unpaired) electrons. The Balaban J connectivity index is 2.17. The number of hydrogen-bond donors (Lipinski definition) is 2. The minimum absolute atomic E-state index is 0.0716. The van der Waals surface area contributed by atoms with Crippen molar-refractivity contribution in [1.29, 1.82) is 0 Å². The molecule has 3 N–H and O–H groups in total. The lowest BCUT2D eigenvalue weighted by atomic mass is 10.1. The predicted molar refractivity (Wildman–Crippen MR) is 77.7 cm³/mol. The molecule has 2 rings (SSSR count). The highest BCUT2D eigenvalue weighted by atomic mass is 35.5. The van der Waals surface area contributed by atoms with Crippen LogP contribution in [0.4, 0.5) is 0 Å². The third kappa shape index (κ3) is 3.52. The first kappa shape index (κ1) is 14.9. The van der Waals surface area contributed by atoms with Crippen LogP contribution in [0.3, 0.4) is 0 Å². The molecule has 0 aliphatic heterocycles. The summed E-state index contributed by atoms with van der Waals surface area (Å²) in [5.41, 5.74) is 6.16. The largest absolute Gasteiger partial charge is 0.488 e. The summed E-state index contributed by atoms with van der Waals surface area (Å²) in [5, 5.41) is 9.39. The van der Waals surface area contributed by atoms with Crippen molar-refractivity contribution in [2.45, 2.75) is 6.61 Å². The lowest BCUT2D eigenvalue weighted by molar-refractivity contribution is 0.0691. The van der Waals surface area contributed by atoms with Crippen molar-refractivity contribution in [2.75, 3.05) is 0 Å². The lowest BCUT2D eigenvalue weighted by Gasteiger charge is -2.10. The van der Waals surface area contributed by atoms with Gasteiger partial charge in [-0.3, -0.25) is 4.79 Å². The average Bonchev–Trinajstić information content (AvgIpc) is 2.46. The van der Waals surface area contributed by atoms with E-state index in [2.05, 4.69) is 0 Å². The number of nitrogens with two attached hydrogens (primary N) is 1. The second-order valence-corrected chi connectivity index (χ2v) is 4.67. The molecule has 0 saturated carbocycles. The Morgan fingerprint density at radius 2 is 1.90 bits per heavy atom. The molecule has 0 aliphatic rings. The van der Waals surface area contributed by atoms with Crippen LogP contribution in [0.25, 0.3) is 0 Å². The molecule has 108 valence electrons. The number of carbonyl (C=O) groups is 2. The molecular weight excluding hydrogens is 294 g/mol. The third-order valence-electron chi connectivity index (χ3n) is 2.84. The van der Waals surface area contributed by atoms with Crippen molar-refractivity contribution < 1.29 is 19.4 Å². The quantitative estimate of drug-likeness (QED) is 0.888. The van der Waals surface area contributed by atoms with Crippen LogP contribution >= 0.6 is 11.6 Å². The molecule has 0 bridgehead atoms. The number of para-hydroxylation sites is 1. The van der Waals surface area contributed by atoms with Gasteiger partial charge in [0, 0.05) is 16.1 Å². The molecule has 5 nitrogen and oxygen atoms in total. The number of amides is 1. The number of hydrogen-bond acceptors (Lipinski definition) is 3. The number of halogens is 1. The molecule has 2 aromatic rings. The molecule has 1 amide bonds. The normalized spacial score (nSPS) is 10.1. The summed E-state index contributed by atoms with van der Waals surface area (Å²) in [4.78, 5) is 22.1. The van der Waals surface area contributed by atoms with E-state index < -0.39 is 11.9 Å². The minimum Gasteiger partial charge on any atom is -0.488 e. The van der Waals surface area contributed by atoms with Crippen LogP contribution in [-0.4, -0.2) is 17.0 Å². The van der Waals surface area contributed by atoms with Gasteiger partial charge in [-0.1, -0.05) is 29.8 Å². The monoisotopic (exact) mass is 305 g/mol. The Bertz CT molecular complexity index is 700. The smallest absolute Gasteiger partial charge is 0.339 e. The van der Waals surface area contributed by atoms with Gasteiger partial charge in [-0.2, -0.15) is 0 Å². The first-order valence-electron chi connectivity index (χ1n) is 6.02. The van der Waals surface area contributed by atoms with Gasteiger partial charge in [0.15, 0.2) is 0 Å². The van der Waals surface area contributed by atoms with Crippen molar-refractivity contribution in [2.24, 2.45) is 5.73 Å². The zero-order valence-corrected chi connectivity index (χ0v) is 11.6. The van der Waals surface area contributed by atoms with Gasteiger partial charge in [-0.25, -0.2) is 4.79 Å². The molecule has 0 heterocycles. The maximum absolute atomic E-state index is 11.1. The highest BCUT2D eigenvalue weighted by Gasteiger charge is 2.11. The second-order valence-electron chi connectivity index (χ2n) is 4.26. The SMILES string of the molecule is NC(=O)c1ccc(COc2ccccc2C(=O)O)c(Cl)c1. The molecule has 0 fully saturated rings. The number of aromatic carboxylic acids is 1. The van der Waals surface area contributed by atoms with Gasteiger partial charge < -0.3 is 15.6 Å². The summed E-state index contributed by atoms with van der Waals surface area (Å²) in [7, 11) is 0. The summed E-state index contributed by atoms with van der Waals surface area (Å²) in [6, 6.07) is 10.9. The molecular formula is C15H12ClNO4. The average molecular weight is 306 g/mol. The van der Waals surface area contributed by atoms with Gasteiger partial charge in [0.25, 0.3) is 0 Å². The van der Waals surface area contributed by atoms with Crippen LogP contribution in [0.1, 0.15) is 26.3 Å². The summed E-state index contributed by atoms with van der Waals surface area (Å²) in [6.45, 7) is 0.0855. The topological polar surface area (TPSA) is 89.6 Å². The number of carbonyl (C=O) groups excluding carboxylic acids is 1. The number of carboxylic acid groups (broad SMARTS) is 1. The van der Waals surface area contributed by atoms with Crippen LogP contribution in [0.15, 0.2) is 42.5 Å². The third-order valence-corrected chi connectivity index (χ3v) is 3.19. The number of benzene rings is 2. The molecule has 0 atom stereocenters. The number of carboxylic acids is 1. The van der Waals surface area contributed by atoms with Gasteiger partial charge in [-0.15, -0.1) is 0 Å². The van der Waals surface area contributed by atoms with E-state index >= 15 is 0 Å². The Morgan fingerprint density at radius 1 is 1.19 bits per heavy atom. The van der Waals surface area contributed by atoms with Gasteiger partial charge in [-0.05, 0) is 24.3 Å². The molecule has 2 aromatic carbocycles. The van der Waals surface area contributed by atoms with Gasteiger partial charge in [0.2, 0.25) is 5.91 Å². The van der Waals surface area contributed by atoms with E-state index in [0.717, 1.165) is 0 Å². The van der Waals surface area contributed by atoms with Crippen molar-refractivity contribution >= 4 is 23.5 Å². The first-order chi connectivity index (χ1) is 9.99. The van der Waals surface area contributed by atoms with Gasteiger partial charge in [0.05, 0.1) is 0 Å². The van der Waals surface area contributed by atoms with Crippen molar-refractivity contribution in [3.63, 3.8) is 0 Å². The summed E-state index contributed by atoms with van der Waals surface area (Å²) in [5.74, 6) is -1.39. The van der Waals surface area contributed by atoms with E-state index in [1.165, 1.54) is 18.2 Å². The molecule has 6 heteroatoms. The minimum atomic E-state index is -1.07.